The highest BCUT2D eigenvalue weighted by atomic mass is 35.5. The van der Waals surface area contributed by atoms with Gasteiger partial charge in [-0.2, -0.15) is 0 Å². The molecular formula is C17H18Cl2. The topological polar surface area (TPSA) is 0 Å². The molecule has 100 valence electrons. The number of halogens is 2. The highest BCUT2D eigenvalue weighted by Crippen LogP contribution is 2.31. The molecule has 0 unspecified atom stereocenters. The Morgan fingerprint density at radius 3 is 1.26 bits per heavy atom. The summed E-state index contributed by atoms with van der Waals surface area (Å²) >= 11 is 12.1. The fraction of sp³-hybridized carbons (Fsp3) is 0.176. The first kappa shape index (κ1) is 15.8. The van der Waals surface area contributed by atoms with Gasteiger partial charge in [0, 0.05) is 5.57 Å². The van der Waals surface area contributed by atoms with Gasteiger partial charge in [-0.05, 0) is 25.0 Å². The number of benzene rings is 2. The molecular weight excluding hydrogens is 275 g/mol. The van der Waals surface area contributed by atoms with Crippen LogP contribution in [-0.4, -0.2) is 0 Å². The molecule has 2 aromatic carbocycles. The minimum Gasteiger partial charge on any atom is -0.0776 e. The first-order chi connectivity index (χ1) is 8.58. The first-order valence-corrected chi connectivity index (χ1v) is 6.53. The van der Waals surface area contributed by atoms with Crippen molar-refractivity contribution in [1.29, 1.82) is 0 Å². The van der Waals surface area contributed by atoms with E-state index in [-0.39, 0.29) is 7.43 Å². The molecule has 0 aliphatic heterocycles. The van der Waals surface area contributed by atoms with Gasteiger partial charge in [-0.25, -0.2) is 0 Å². The summed E-state index contributed by atoms with van der Waals surface area (Å²) in [5.74, 6) is 0. The van der Waals surface area contributed by atoms with Crippen LogP contribution in [0.15, 0.2) is 53.0 Å². The third-order valence-corrected chi connectivity index (χ3v) is 3.25. The Bertz CT molecular complexity index is 512. The van der Waals surface area contributed by atoms with Crippen molar-refractivity contribution in [3.05, 3.63) is 75.3 Å². The molecule has 0 aliphatic carbocycles. The zero-order chi connectivity index (χ0) is 13.1. The summed E-state index contributed by atoms with van der Waals surface area (Å²) in [7, 11) is 0. The number of aryl methyl sites for hydroxylation is 2. The van der Waals surface area contributed by atoms with Crippen molar-refractivity contribution in [3.63, 3.8) is 0 Å². The van der Waals surface area contributed by atoms with Crippen LogP contribution in [0.2, 0.25) is 0 Å². The minimum absolute atomic E-state index is 0. The van der Waals surface area contributed by atoms with Crippen molar-refractivity contribution in [2.75, 3.05) is 0 Å². The summed E-state index contributed by atoms with van der Waals surface area (Å²) in [4.78, 5) is 0. The molecule has 0 radical (unpaired) electrons. The Balaban J connectivity index is 0.00000180. The average molecular weight is 293 g/mol. The molecule has 0 atom stereocenters. The van der Waals surface area contributed by atoms with Crippen molar-refractivity contribution in [2.45, 2.75) is 21.3 Å². The summed E-state index contributed by atoms with van der Waals surface area (Å²) in [5, 5.41) is 0. The smallest absolute Gasteiger partial charge is 0.0776 e. The maximum absolute atomic E-state index is 6.04. The van der Waals surface area contributed by atoms with E-state index in [0.29, 0.717) is 4.49 Å². The number of rotatable bonds is 2. The van der Waals surface area contributed by atoms with Crippen LogP contribution in [0.1, 0.15) is 29.7 Å². The van der Waals surface area contributed by atoms with Gasteiger partial charge in [-0.1, -0.05) is 90.3 Å². The second-order valence-electron chi connectivity index (χ2n) is 4.37. The highest BCUT2D eigenvalue weighted by molar-refractivity contribution is 6.59. The van der Waals surface area contributed by atoms with E-state index in [2.05, 4.69) is 38.1 Å². The van der Waals surface area contributed by atoms with E-state index in [9.17, 15) is 0 Å². The van der Waals surface area contributed by atoms with Crippen LogP contribution in [0.4, 0.5) is 0 Å². The van der Waals surface area contributed by atoms with E-state index in [0.717, 1.165) is 16.7 Å². The van der Waals surface area contributed by atoms with Crippen LogP contribution in [0.5, 0.6) is 0 Å². The van der Waals surface area contributed by atoms with Gasteiger partial charge >= 0.3 is 0 Å². The van der Waals surface area contributed by atoms with Crippen LogP contribution in [0.25, 0.3) is 5.57 Å². The molecule has 0 bridgehead atoms. The van der Waals surface area contributed by atoms with Crippen LogP contribution in [-0.2, 0) is 0 Å². The van der Waals surface area contributed by atoms with E-state index >= 15 is 0 Å². The summed E-state index contributed by atoms with van der Waals surface area (Å²) in [5.41, 5.74) is 5.37. The quantitative estimate of drug-likeness (QED) is 0.624. The molecule has 0 amide bonds. The summed E-state index contributed by atoms with van der Waals surface area (Å²) in [6.45, 7) is 4.11. The van der Waals surface area contributed by atoms with Crippen molar-refractivity contribution in [3.8, 4) is 0 Å². The van der Waals surface area contributed by atoms with E-state index in [1.165, 1.54) is 11.1 Å². The van der Waals surface area contributed by atoms with Crippen molar-refractivity contribution in [1.82, 2.24) is 0 Å². The molecule has 0 N–H and O–H groups in total. The Kier molecular flexibility index (Phi) is 5.65. The molecule has 0 nitrogen and oxygen atoms in total. The Hall–Kier alpha value is -1.24. The van der Waals surface area contributed by atoms with Crippen molar-refractivity contribution >= 4 is 28.8 Å². The van der Waals surface area contributed by atoms with Gasteiger partial charge in [0.05, 0.1) is 0 Å². The lowest BCUT2D eigenvalue weighted by Gasteiger charge is -2.09. The van der Waals surface area contributed by atoms with Gasteiger partial charge in [0.2, 0.25) is 0 Å². The fourth-order valence-corrected chi connectivity index (χ4v) is 2.26. The Labute approximate surface area is 125 Å². The second-order valence-corrected chi connectivity index (χ2v) is 5.32. The normalized spacial score (nSPS) is 9.68. The first-order valence-electron chi connectivity index (χ1n) is 5.77. The largest absolute Gasteiger partial charge is 0.115 e. The molecule has 2 rings (SSSR count). The maximum Gasteiger partial charge on any atom is 0.115 e. The molecule has 2 heteroatoms. The third kappa shape index (κ3) is 3.86. The molecule has 0 saturated heterocycles. The second kappa shape index (κ2) is 6.79. The lowest BCUT2D eigenvalue weighted by atomic mass is 9.98. The van der Waals surface area contributed by atoms with E-state index in [1.807, 2.05) is 24.3 Å². The van der Waals surface area contributed by atoms with Gasteiger partial charge < -0.3 is 0 Å². The summed E-state index contributed by atoms with van der Waals surface area (Å²) < 4.78 is 0.294. The SMILES string of the molecule is C.Cc1ccc(C(=C(Cl)Cl)c2ccc(C)cc2)cc1. The van der Waals surface area contributed by atoms with Crippen LogP contribution < -0.4 is 0 Å². The molecule has 0 saturated carbocycles. The van der Waals surface area contributed by atoms with Crippen LogP contribution >= 0.6 is 23.2 Å². The van der Waals surface area contributed by atoms with E-state index in [4.69, 9.17) is 23.2 Å². The fourth-order valence-electron chi connectivity index (χ4n) is 1.83. The number of hydrogen-bond donors (Lipinski definition) is 0. The van der Waals surface area contributed by atoms with Crippen LogP contribution in [0, 0.1) is 13.8 Å². The minimum atomic E-state index is 0. The van der Waals surface area contributed by atoms with Crippen LogP contribution in [0.3, 0.4) is 0 Å². The van der Waals surface area contributed by atoms with Gasteiger partial charge in [-0.15, -0.1) is 0 Å². The molecule has 0 fully saturated rings. The lowest BCUT2D eigenvalue weighted by molar-refractivity contribution is 1.43. The van der Waals surface area contributed by atoms with Gasteiger partial charge in [0.25, 0.3) is 0 Å². The lowest BCUT2D eigenvalue weighted by Crippen LogP contribution is -1.89. The highest BCUT2D eigenvalue weighted by Gasteiger charge is 2.09. The molecule has 0 aliphatic rings. The molecule has 19 heavy (non-hydrogen) atoms. The Morgan fingerprint density at radius 1 is 0.684 bits per heavy atom. The van der Waals surface area contributed by atoms with Gasteiger partial charge in [0.15, 0.2) is 0 Å². The van der Waals surface area contributed by atoms with E-state index in [1.54, 1.807) is 0 Å². The Morgan fingerprint density at radius 2 is 1.00 bits per heavy atom. The molecule has 0 aromatic heterocycles. The monoisotopic (exact) mass is 292 g/mol. The van der Waals surface area contributed by atoms with Gasteiger partial charge in [-0.3, -0.25) is 0 Å². The van der Waals surface area contributed by atoms with E-state index < -0.39 is 0 Å². The average Bonchev–Trinajstić information content (AvgIpc) is 2.34. The zero-order valence-corrected chi connectivity index (χ0v) is 11.9. The zero-order valence-electron chi connectivity index (χ0n) is 10.4. The van der Waals surface area contributed by atoms with Crippen molar-refractivity contribution < 1.29 is 0 Å². The van der Waals surface area contributed by atoms with Crippen molar-refractivity contribution in [2.24, 2.45) is 0 Å². The molecule has 2 aromatic rings. The maximum atomic E-state index is 6.04. The predicted molar refractivity (Wildman–Crippen MR) is 86.8 cm³/mol. The summed E-state index contributed by atoms with van der Waals surface area (Å²) in [6.07, 6.45) is 0. The van der Waals surface area contributed by atoms with Gasteiger partial charge in [0.1, 0.15) is 4.49 Å². The predicted octanol–water partition coefficient (Wildman–Crippen LogP) is 6.13. The molecule has 0 heterocycles. The summed E-state index contributed by atoms with van der Waals surface area (Å²) in [6, 6.07) is 16.4. The molecule has 0 spiro atoms. The standard InChI is InChI=1S/C16H14Cl2.CH4/c1-11-3-7-13(8-4-11)15(16(17)18)14-9-5-12(2)6-10-14;/h3-10H,1-2H3;1H4. The third-order valence-electron chi connectivity index (χ3n) is 2.87. The number of hydrogen-bond acceptors (Lipinski definition) is 0.